The third-order valence-corrected chi connectivity index (χ3v) is 4.73. The van der Waals surface area contributed by atoms with Crippen molar-refractivity contribution in [1.82, 2.24) is 0 Å². The molecule has 0 fully saturated rings. The predicted octanol–water partition coefficient (Wildman–Crippen LogP) is 3.14. The molecule has 0 saturated heterocycles. The number of halogens is 2. The average Bonchev–Trinajstić information content (AvgIpc) is 2.33. The lowest BCUT2D eigenvalue weighted by molar-refractivity contribution is 0.587. The summed E-state index contributed by atoms with van der Waals surface area (Å²) in [5.41, 5.74) is 6.04. The minimum atomic E-state index is -3.62. The summed E-state index contributed by atoms with van der Waals surface area (Å²) in [6, 6.07) is 10.2. The van der Waals surface area contributed by atoms with Gasteiger partial charge in [-0.05, 0) is 36.4 Å². The molecule has 0 aromatic heterocycles. The first kappa shape index (κ1) is 14.0. The van der Waals surface area contributed by atoms with E-state index in [1.54, 1.807) is 12.1 Å². The highest BCUT2D eigenvalue weighted by Gasteiger charge is 2.18. The molecule has 0 amide bonds. The zero-order valence-corrected chi connectivity index (χ0v) is 12.2. The number of hydrogen-bond acceptors (Lipinski definition) is 3. The van der Waals surface area contributed by atoms with Crippen LogP contribution in [0.15, 0.2) is 51.8 Å². The summed E-state index contributed by atoms with van der Waals surface area (Å²) in [4.78, 5) is 0.0897. The van der Waals surface area contributed by atoms with Crippen LogP contribution in [0.4, 0.5) is 10.1 Å². The Bertz CT molecular complexity index is 716. The molecule has 6 heteroatoms. The summed E-state index contributed by atoms with van der Waals surface area (Å²) < 4.78 is 38.6. The van der Waals surface area contributed by atoms with Crippen molar-refractivity contribution in [3.05, 3.63) is 58.3 Å². The summed E-state index contributed by atoms with van der Waals surface area (Å²) >= 11 is 3.19. The van der Waals surface area contributed by atoms with Crippen molar-refractivity contribution < 1.29 is 12.8 Å². The van der Waals surface area contributed by atoms with Crippen molar-refractivity contribution in [2.45, 2.75) is 10.6 Å². The number of nitrogens with two attached hydrogens (primary N) is 1. The van der Waals surface area contributed by atoms with Crippen LogP contribution in [0.1, 0.15) is 5.56 Å². The van der Waals surface area contributed by atoms with Crippen LogP contribution in [0, 0.1) is 5.82 Å². The second-order valence-corrected chi connectivity index (χ2v) is 6.97. The molecule has 0 spiro atoms. The maximum atomic E-state index is 13.6. The van der Waals surface area contributed by atoms with Gasteiger partial charge in [-0.15, -0.1) is 0 Å². The van der Waals surface area contributed by atoms with Gasteiger partial charge in [0.05, 0.1) is 10.6 Å². The quantitative estimate of drug-likeness (QED) is 0.871. The third-order valence-electron chi connectivity index (χ3n) is 2.57. The van der Waals surface area contributed by atoms with Gasteiger partial charge in [0.15, 0.2) is 9.84 Å². The summed E-state index contributed by atoms with van der Waals surface area (Å²) in [5.74, 6) is -0.947. The topological polar surface area (TPSA) is 60.2 Å². The van der Waals surface area contributed by atoms with Crippen molar-refractivity contribution in [3.8, 4) is 0 Å². The SMILES string of the molecule is Nc1cccc(S(=O)(=O)Cc2cc(Br)ccc2F)c1. The molecule has 0 unspecified atom stereocenters. The molecule has 2 rings (SSSR count). The Morgan fingerprint density at radius 1 is 1.16 bits per heavy atom. The molecule has 0 heterocycles. The fraction of sp³-hybridized carbons (Fsp3) is 0.0769. The van der Waals surface area contributed by atoms with E-state index < -0.39 is 21.4 Å². The van der Waals surface area contributed by atoms with E-state index in [0.717, 1.165) is 0 Å². The third kappa shape index (κ3) is 3.33. The molecule has 19 heavy (non-hydrogen) atoms. The molecule has 2 aromatic rings. The largest absolute Gasteiger partial charge is 0.399 e. The Morgan fingerprint density at radius 2 is 1.89 bits per heavy atom. The standard InChI is InChI=1S/C13H11BrFNO2S/c14-10-4-5-13(15)9(6-10)8-19(17,18)12-3-1-2-11(16)7-12/h1-7H,8,16H2. The molecular formula is C13H11BrFNO2S. The number of sulfone groups is 1. The van der Waals surface area contributed by atoms with Gasteiger partial charge in [0.2, 0.25) is 0 Å². The number of rotatable bonds is 3. The van der Waals surface area contributed by atoms with Crippen LogP contribution in [0.5, 0.6) is 0 Å². The molecule has 2 N–H and O–H groups in total. The normalized spacial score (nSPS) is 11.5. The van der Waals surface area contributed by atoms with E-state index in [9.17, 15) is 12.8 Å². The number of hydrogen-bond donors (Lipinski definition) is 1. The van der Waals surface area contributed by atoms with Crippen molar-refractivity contribution in [2.75, 3.05) is 5.73 Å². The van der Waals surface area contributed by atoms with Gasteiger partial charge in [-0.25, -0.2) is 12.8 Å². The van der Waals surface area contributed by atoms with Gasteiger partial charge in [0.25, 0.3) is 0 Å². The Labute approximate surface area is 119 Å². The molecule has 2 aromatic carbocycles. The van der Waals surface area contributed by atoms with E-state index in [2.05, 4.69) is 15.9 Å². The first-order chi connectivity index (χ1) is 8.88. The van der Waals surface area contributed by atoms with Crippen molar-refractivity contribution >= 4 is 31.5 Å². The molecule has 0 aliphatic rings. The Balaban J connectivity index is 2.39. The van der Waals surface area contributed by atoms with Gasteiger partial charge >= 0.3 is 0 Å². The van der Waals surface area contributed by atoms with Gasteiger partial charge in [0, 0.05) is 15.7 Å². The van der Waals surface area contributed by atoms with Gasteiger partial charge in [0.1, 0.15) is 5.82 Å². The highest BCUT2D eigenvalue weighted by Crippen LogP contribution is 2.22. The zero-order chi connectivity index (χ0) is 14.0. The van der Waals surface area contributed by atoms with Crippen LogP contribution >= 0.6 is 15.9 Å². The lowest BCUT2D eigenvalue weighted by Gasteiger charge is -2.07. The molecule has 3 nitrogen and oxygen atoms in total. The fourth-order valence-electron chi connectivity index (χ4n) is 1.65. The summed E-state index contributed by atoms with van der Waals surface area (Å²) in [6.07, 6.45) is 0. The molecule has 0 atom stereocenters. The highest BCUT2D eigenvalue weighted by molar-refractivity contribution is 9.10. The van der Waals surface area contributed by atoms with Crippen LogP contribution < -0.4 is 5.73 Å². The summed E-state index contributed by atoms with van der Waals surface area (Å²) in [6.45, 7) is 0. The van der Waals surface area contributed by atoms with Crippen molar-refractivity contribution in [1.29, 1.82) is 0 Å². The minimum absolute atomic E-state index is 0.0897. The maximum absolute atomic E-state index is 13.6. The number of nitrogen functional groups attached to an aromatic ring is 1. The fourth-order valence-corrected chi connectivity index (χ4v) is 3.46. The Morgan fingerprint density at radius 3 is 2.58 bits per heavy atom. The highest BCUT2D eigenvalue weighted by atomic mass is 79.9. The molecular weight excluding hydrogens is 333 g/mol. The second kappa shape index (κ2) is 5.30. The van der Waals surface area contributed by atoms with Crippen LogP contribution in [0.25, 0.3) is 0 Å². The maximum Gasteiger partial charge on any atom is 0.182 e. The van der Waals surface area contributed by atoms with Gasteiger partial charge in [-0.2, -0.15) is 0 Å². The van der Waals surface area contributed by atoms with E-state index in [-0.39, 0.29) is 10.5 Å². The van der Waals surface area contributed by atoms with Crippen LogP contribution in [-0.4, -0.2) is 8.42 Å². The Hall–Kier alpha value is -1.40. The molecule has 0 aliphatic heterocycles. The van der Waals surface area contributed by atoms with E-state index in [1.807, 2.05) is 0 Å². The summed E-state index contributed by atoms with van der Waals surface area (Å²) in [7, 11) is -3.62. The lowest BCUT2D eigenvalue weighted by atomic mass is 10.2. The zero-order valence-electron chi connectivity index (χ0n) is 9.81. The van der Waals surface area contributed by atoms with Gasteiger partial charge in [-0.3, -0.25) is 0 Å². The molecule has 0 aliphatic carbocycles. The van der Waals surface area contributed by atoms with Gasteiger partial charge in [-0.1, -0.05) is 22.0 Å². The lowest BCUT2D eigenvalue weighted by Crippen LogP contribution is -2.07. The average molecular weight is 344 g/mol. The molecule has 0 saturated carbocycles. The van der Waals surface area contributed by atoms with E-state index >= 15 is 0 Å². The minimum Gasteiger partial charge on any atom is -0.399 e. The smallest absolute Gasteiger partial charge is 0.182 e. The van der Waals surface area contributed by atoms with Crippen LogP contribution in [-0.2, 0) is 15.6 Å². The Kier molecular flexibility index (Phi) is 3.91. The van der Waals surface area contributed by atoms with Crippen LogP contribution in [0.3, 0.4) is 0 Å². The van der Waals surface area contributed by atoms with E-state index in [0.29, 0.717) is 10.2 Å². The number of benzene rings is 2. The molecule has 0 radical (unpaired) electrons. The predicted molar refractivity (Wildman–Crippen MR) is 75.8 cm³/mol. The van der Waals surface area contributed by atoms with E-state index in [4.69, 9.17) is 5.73 Å². The monoisotopic (exact) mass is 343 g/mol. The van der Waals surface area contributed by atoms with Crippen LogP contribution in [0.2, 0.25) is 0 Å². The van der Waals surface area contributed by atoms with Gasteiger partial charge < -0.3 is 5.73 Å². The molecule has 0 bridgehead atoms. The first-order valence-electron chi connectivity index (χ1n) is 5.41. The first-order valence-corrected chi connectivity index (χ1v) is 7.85. The molecule has 100 valence electrons. The number of anilines is 1. The van der Waals surface area contributed by atoms with E-state index in [1.165, 1.54) is 30.3 Å². The van der Waals surface area contributed by atoms with Crippen molar-refractivity contribution in [3.63, 3.8) is 0 Å². The second-order valence-electron chi connectivity index (χ2n) is 4.07. The summed E-state index contributed by atoms with van der Waals surface area (Å²) in [5, 5.41) is 0. The van der Waals surface area contributed by atoms with Crippen molar-refractivity contribution in [2.24, 2.45) is 0 Å².